The van der Waals surface area contributed by atoms with Crippen molar-refractivity contribution in [3.05, 3.63) is 0 Å². The van der Waals surface area contributed by atoms with Gasteiger partial charge < -0.3 is 25.4 Å². The summed E-state index contributed by atoms with van der Waals surface area (Å²) in [6.45, 7) is 1.68. The average molecular weight is 285 g/mol. The normalized spacial score (nSPS) is 22.6. The Morgan fingerprint density at radius 2 is 2.00 bits per heavy atom. The first-order valence-electron chi connectivity index (χ1n) is 6.68. The van der Waals surface area contributed by atoms with Gasteiger partial charge in [0.05, 0.1) is 0 Å². The van der Waals surface area contributed by atoms with Gasteiger partial charge in [0.2, 0.25) is 5.91 Å². The molecule has 0 saturated carbocycles. The minimum absolute atomic E-state index is 0.0979. The highest BCUT2D eigenvalue weighted by molar-refractivity contribution is 5.87. The number of carbonyl (C=O) groups is 3. The quantitative estimate of drug-likeness (QED) is 0.612. The largest absolute Gasteiger partial charge is 0.480 e. The van der Waals surface area contributed by atoms with E-state index in [1.807, 2.05) is 0 Å². The molecule has 2 fully saturated rings. The van der Waals surface area contributed by atoms with Crippen LogP contribution in [-0.4, -0.2) is 66.3 Å². The van der Waals surface area contributed by atoms with E-state index < -0.39 is 17.5 Å². The second kappa shape index (κ2) is 6.08. The van der Waals surface area contributed by atoms with Crippen LogP contribution in [0.2, 0.25) is 0 Å². The molecule has 0 spiro atoms. The summed E-state index contributed by atoms with van der Waals surface area (Å²) in [6, 6.07) is -0.439. The number of aliphatic carboxylic acids is 1. The lowest BCUT2D eigenvalue weighted by Gasteiger charge is -2.35. The predicted molar refractivity (Wildman–Crippen MR) is 68.2 cm³/mol. The third-order valence-electron chi connectivity index (χ3n) is 3.70. The van der Waals surface area contributed by atoms with E-state index >= 15 is 0 Å². The monoisotopic (exact) mass is 285 g/mol. The van der Waals surface area contributed by atoms with E-state index in [0.29, 0.717) is 32.8 Å². The number of carbonyl (C=O) groups excluding carboxylic acids is 2. The van der Waals surface area contributed by atoms with Crippen LogP contribution >= 0.6 is 0 Å². The Hall–Kier alpha value is -1.83. The fraction of sp³-hybridized carbons (Fsp3) is 0.750. The van der Waals surface area contributed by atoms with E-state index in [-0.39, 0.29) is 25.2 Å². The van der Waals surface area contributed by atoms with Crippen molar-refractivity contribution in [1.82, 2.24) is 15.5 Å². The Bertz CT molecular complexity index is 406. The maximum atomic E-state index is 12.2. The Morgan fingerprint density at radius 1 is 1.30 bits per heavy atom. The third kappa shape index (κ3) is 3.19. The topological polar surface area (TPSA) is 108 Å². The van der Waals surface area contributed by atoms with Gasteiger partial charge in [-0.25, -0.2) is 9.59 Å². The van der Waals surface area contributed by atoms with Crippen molar-refractivity contribution in [1.29, 1.82) is 0 Å². The average Bonchev–Trinajstić information content (AvgIpc) is 2.64. The van der Waals surface area contributed by atoms with Crippen molar-refractivity contribution in [2.45, 2.75) is 24.8 Å². The molecule has 0 aliphatic carbocycles. The van der Waals surface area contributed by atoms with Gasteiger partial charge in [-0.2, -0.15) is 0 Å². The SMILES string of the molecule is O=C1CCN(C(=O)NC2(C(=O)O)CCOCC2)CCN1. The van der Waals surface area contributed by atoms with Gasteiger partial charge in [-0.05, 0) is 0 Å². The zero-order valence-corrected chi connectivity index (χ0v) is 11.2. The molecular weight excluding hydrogens is 266 g/mol. The molecule has 8 nitrogen and oxygen atoms in total. The molecule has 2 aliphatic rings. The van der Waals surface area contributed by atoms with Gasteiger partial charge in [0.25, 0.3) is 0 Å². The van der Waals surface area contributed by atoms with Crippen LogP contribution in [0.3, 0.4) is 0 Å². The first kappa shape index (κ1) is 14.6. The van der Waals surface area contributed by atoms with E-state index in [1.54, 1.807) is 0 Å². The van der Waals surface area contributed by atoms with Gasteiger partial charge in [0, 0.05) is 52.1 Å². The lowest BCUT2D eigenvalue weighted by molar-refractivity contribution is -0.148. The number of carboxylic acids is 1. The van der Waals surface area contributed by atoms with E-state index in [0.717, 1.165) is 0 Å². The van der Waals surface area contributed by atoms with Gasteiger partial charge in [0.15, 0.2) is 0 Å². The molecule has 2 aliphatic heterocycles. The van der Waals surface area contributed by atoms with E-state index in [9.17, 15) is 19.5 Å². The summed E-state index contributed by atoms with van der Waals surface area (Å²) in [5.74, 6) is -1.14. The molecule has 0 aromatic carbocycles. The molecule has 3 amide bonds. The molecule has 2 heterocycles. The molecule has 0 aromatic heterocycles. The first-order valence-corrected chi connectivity index (χ1v) is 6.68. The van der Waals surface area contributed by atoms with Crippen LogP contribution in [0, 0.1) is 0 Å². The number of hydrogen-bond donors (Lipinski definition) is 3. The summed E-state index contributed by atoms with van der Waals surface area (Å²) in [7, 11) is 0. The molecule has 8 heteroatoms. The van der Waals surface area contributed by atoms with E-state index in [1.165, 1.54) is 4.90 Å². The number of hydrogen-bond acceptors (Lipinski definition) is 4. The first-order chi connectivity index (χ1) is 9.53. The molecule has 20 heavy (non-hydrogen) atoms. The van der Waals surface area contributed by atoms with Crippen LogP contribution in [0.25, 0.3) is 0 Å². The van der Waals surface area contributed by atoms with Crippen LogP contribution in [-0.2, 0) is 14.3 Å². The number of nitrogens with one attached hydrogen (secondary N) is 2. The summed E-state index contributed by atoms with van der Waals surface area (Å²) < 4.78 is 5.15. The second-order valence-corrected chi connectivity index (χ2v) is 5.02. The molecule has 0 bridgehead atoms. The lowest BCUT2D eigenvalue weighted by Crippen LogP contribution is -2.60. The van der Waals surface area contributed by atoms with Crippen molar-refractivity contribution in [2.75, 3.05) is 32.8 Å². The fourth-order valence-electron chi connectivity index (χ4n) is 2.37. The van der Waals surface area contributed by atoms with Crippen LogP contribution < -0.4 is 10.6 Å². The Kier molecular flexibility index (Phi) is 4.43. The summed E-state index contributed by atoms with van der Waals surface area (Å²) in [4.78, 5) is 36.4. The predicted octanol–water partition coefficient (Wildman–Crippen LogP) is -0.848. The van der Waals surface area contributed by atoms with Crippen LogP contribution in [0.5, 0.6) is 0 Å². The number of ether oxygens (including phenoxy) is 1. The summed E-state index contributed by atoms with van der Waals surface area (Å²) in [5, 5.41) is 14.7. The maximum Gasteiger partial charge on any atom is 0.329 e. The number of carboxylic acid groups (broad SMARTS) is 1. The van der Waals surface area contributed by atoms with E-state index in [2.05, 4.69) is 10.6 Å². The smallest absolute Gasteiger partial charge is 0.329 e. The minimum atomic E-state index is -1.26. The zero-order valence-electron chi connectivity index (χ0n) is 11.2. The third-order valence-corrected chi connectivity index (χ3v) is 3.70. The second-order valence-electron chi connectivity index (χ2n) is 5.02. The summed E-state index contributed by atoms with van der Waals surface area (Å²) in [5.41, 5.74) is -1.26. The minimum Gasteiger partial charge on any atom is -0.480 e. The van der Waals surface area contributed by atoms with Crippen LogP contribution in [0.4, 0.5) is 4.79 Å². The zero-order chi connectivity index (χ0) is 14.6. The maximum absolute atomic E-state index is 12.2. The molecule has 2 saturated heterocycles. The number of urea groups is 1. The van der Waals surface area contributed by atoms with Crippen molar-refractivity contribution in [2.24, 2.45) is 0 Å². The highest BCUT2D eigenvalue weighted by Gasteiger charge is 2.42. The lowest BCUT2D eigenvalue weighted by atomic mass is 9.90. The van der Waals surface area contributed by atoms with Gasteiger partial charge in [-0.1, -0.05) is 0 Å². The Labute approximate surface area is 116 Å². The van der Waals surface area contributed by atoms with Crippen molar-refractivity contribution < 1.29 is 24.2 Å². The van der Waals surface area contributed by atoms with Crippen LogP contribution in [0.15, 0.2) is 0 Å². The van der Waals surface area contributed by atoms with Crippen molar-refractivity contribution in [3.63, 3.8) is 0 Å². The molecule has 3 N–H and O–H groups in total. The highest BCUT2D eigenvalue weighted by Crippen LogP contribution is 2.21. The Balaban J connectivity index is 2.01. The summed E-state index contributed by atoms with van der Waals surface area (Å²) >= 11 is 0. The molecule has 0 aromatic rings. The van der Waals surface area contributed by atoms with Gasteiger partial charge in [-0.15, -0.1) is 0 Å². The number of rotatable bonds is 2. The molecule has 0 radical (unpaired) electrons. The van der Waals surface area contributed by atoms with Crippen molar-refractivity contribution in [3.8, 4) is 0 Å². The molecule has 112 valence electrons. The number of nitrogens with zero attached hydrogens (tertiary/aromatic N) is 1. The molecule has 0 atom stereocenters. The molecule has 2 rings (SSSR count). The fourth-order valence-corrected chi connectivity index (χ4v) is 2.37. The van der Waals surface area contributed by atoms with E-state index in [4.69, 9.17) is 4.74 Å². The van der Waals surface area contributed by atoms with Gasteiger partial charge in [0.1, 0.15) is 5.54 Å². The van der Waals surface area contributed by atoms with Crippen molar-refractivity contribution >= 4 is 17.9 Å². The Morgan fingerprint density at radius 3 is 2.65 bits per heavy atom. The van der Waals surface area contributed by atoms with Gasteiger partial charge >= 0.3 is 12.0 Å². The standard InChI is InChI=1S/C12H19N3O5/c16-9-1-5-15(6-4-13-9)11(19)14-12(10(17)18)2-7-20-8-3-12/h1-8H2,(H,13,16)(H,14,19)(H,17,18). The number of amides is 3. The van der Waals surface area contributed by atoms with Gasteiger partial charge in [-0.3, -0.25) is 4.79 Å². The molecule has 0 unspecified atom stereocenters. The highest BCUT2D eigenvalue weighted by atomic mass is 16.5. The molecular formula is C12H19N3O5. The van der Waals surface area contributed by atoms with Crippen LogP contribution in [0.1, 0.15) is 19.3 Å². The summed E-state index contributed by atoms with van der Waals surface area (Å²) in [6.07, 6.45) is 0.731.